The number of hydrogen-bond donors (Lipinski definition) is 0. The Bertz CT molecular complexity index is 773. The first-order chi connectivity index (χ1) is 11.8. The summed E-state index contributed by atoms with van der Waals surface area (Å²) in [6, 6.07) is 0. The Hall–Kier alpha value is -1.32. The van der Waals surface area contributed by atoms with E-state index in [1.807, 2.05) is 24.8 Å². The fourth-order valence-corrected chi connectivity index (χ4v) is 5.14. The van der Waals surface area contributed by atoms with Crippen LogP contribution in [0.4, 0.5) is 0 Å². The fraction of sp³-hybridized carbons (Fsp3) is 0.625. The molecule has 2 fully saturated rings. The Morgan fingerprint density at radius 2 is 1.96 bits per heavy atom. The van der Waals surface area contributed by atoms with Crippen molar-refractivity contribution in [3.05, 3.63) is 22.0 Å². The maximum absolute atomic E-state index is 12.9. The largest absolute Gasteiger partial charge is 0.361 e. The summed E-state index contributed by atoms with van der Waals surface area (Å²) in [7, 11) is -3.17. The van der Waals surface area contributed by atoms with Gasteiger partial charge in [-0.1, -0.05) is 5.16 Å². The highest BCUT2D eigenvalue weighted by atomic mass is 32.2. The van der Waals surface area contributed by atoms with Gasteiger partial charge in [0, 0.05) is 36.9 Å². The second-order valence-corrected chi connectivity index (χ2v) is 9.59. The summed E-state index contributed by atoms with van der Waals surface area (Å²) in [5, 5.41) is 4.88. The number of piperidine rings is 1. The van der Waals surface area contributed by atoms with Gasteiger partial charge in [0.2, 0.25) is 15.9 Å². The number of aromatic nitrogens is 1. The third-order valence-corrected chi connectivity index (χ3v) is 7.05. The standard InChI is InChI=1S/C16H23N3O4S2/c1-11-14(12(2)23-17-11)10-15-19(8-9-24-15)16(20)13-4-6-18(7-5-13)25(3,21)22/h10,13H,4-9H2,1-3H3/b15-10+. The van der Waals surface area contributed by atoms with Crippen LogP contribution in [0.5, 0.6) is 0 Å². The maximum Gasteiger partial charge on any atom is 0.230 e. The second kappa shape index (κ2) is 7.13. The first-order valence-electron chi connectivity index (χ1n) is 8.31. The molecule has 0 aliphatic carbocycles. The van der Waals surface area contributed by atoms with E-state index in [0.717, 1.165) is 27.8 Å². The molecule has 0 saturated carbocycles. The van der Waals surface area contributed by atoms with Gasteiger partial charge in [-0.25, -0.2) is 12.7 Å². The Labute approximate surface area is 152 Å². The van der Waals surface area contributed by atoms with E-state index in [0.29, 0.717) is 32.5 Å². The van der Waals surface area contributed by atoms with Crippen LogP contribution in [0.25, 0.3) is 6.08 Å². The zero-order chi connectivity index (χ0) is 18.2. The predicted molar refractivity (Wildman–Crippen MR) is 97.3 cm³/mol. The third-order valence-electron chi connectivity index (χ3n) is 4.73. The molecule has 1 aromatic rings. The minimum atomic E-state index is -3.17. The van der Waals surface area contributed by atoms with Crippen LogP contribution in [0, 0.1) is 19.8 Å². The smallest absolute Gasteiger partial charge is 0.230 e. The average molecular weight is 386 g/mol. The van der Waals surface area contributed by atoms with E-state index < -0.39 is 10.0 Å². The Kier molecular flexibility index (Phi) is 5.26. The first-order valence-corrected chi connectivity index (χ1v) is 11.1. The van der Waals surface area contributed by atoms with Gasteiger partial charge < -0.3 is 9.42 Å². The molecule has 0 spiro atoms. The molecule has 7 nitrogen and oxygen atoms in total. The molecule has 9 heteroatoms. The number of nitrogens with zero attached hydrogens (tertiary/aromatic N) is 3. The molecule has 1 aromatic heterocycles. The highest BCUT2D eigenvalue weighted by Crippen LogP contribution is 2.34. The second-order valence-electron chi connectivity index (χ2n) is 6.50. The van der Waals surface area contributed by atoms with Crippen LogP contribution in [0.2, 0.25) is 0 Å². The molecule has 0 atom stereocenters. The fourth-order valence-electron chi connectivity index (χ4n) is 3.24. The van der Waals surface area contributed by atoms with Crippen LogP contribution in [-0.4, -0.2) is 60.3 Å². The number of amides is 1. The number of carbonyl (C=O) groups excluding carboxylic acids is 1. The number of hydrogen-bond acceptors (Lipinski definition) is 6. The molecule has 2 saturated heterocycles. The van der Waals surface area contributed by atoms with Crippen LogP contribution in [0.3, 0.4) is 0 Å². The van der Waals surface area contributed by atoms with Crippen LogP contribution in [0.15, 0.2) is 9.55 Å². The summed E-state index contributed by atoms with van der Waals surface area (Å²) in [5.74, 6) is 1.58. The SMILES string of the molecule is Cc1noc(C)c1/C=C1/SCCN1C(=O)C1CCN(S(C)(=O)=O)CC1. The number of aryl methyl sites for hydroxylation is 2. The number of thioether (sulfide) groups is 1. The highest BCUT2D eigenvalue weighted by Gasteiger charge is 2.34. The molecule has 3 rings (SSSR count). The monoisotopic (exact) mass is 385 g/mol. The lowest BCUT2D eigenvalue weighted by molar-refractivity contribution is -0.133. The summed E-state index contributed by atoms with van der Waals surface area (Å²) in [6.45, 7) is 5.26. The van der Waals surface area contributed by atoms with E-state index in [-0.39, 0.29) is 11.8 Å². The highest BCUT2D eigenvalue weighted by molar-refractivity contribution is 8.03. The molecule has 138 valence electrons. The molecule has 3 heterocycles. The average Bonchev–Trinajstić information content (AvgIpc) is 3.15. The van der Waals surface area contributed by atoms with E-state index >= 15 is 0 Å². The summed E-state index contributed by atoms with van der Waals surface area (Å²) >= 11 is 1.65. The van der Waals surface area contributed by atoms with Gasteiger partial charge in [-0.3, -0.25) is 4.79 Å². The van der Waals surface area contributed by atoms with Gasteiger partial charge >= 0.3 is 0 Å². The summed E-state index contributed by atoms with van der Waals surface area (Å²) in [5.41, 5.74) is 1.74. The molecular formula is C16H23N3O4S2. The third kappa shape index (κ3) is 3.93. The van der Waals surface area contributed by atoms with E-state index in [2.05, 4.69) is 5.16 Å². The molecule has 0 unspecified atom stereocenters. The van der Waals surface area contributed by atoms with Gasteiger partial charge in [-0.05, 0) is 32.8 Å². The van der Waals surface area contributed by atoms with Gasteiger partial charge in [0.05, 0.1) is 17.0 Å². The normalized spacial score (nSPS) is 22.0. The minimum Gasteiger partial charge on any atom is -0.361 e. The Morgan fingerprint density at radius 3 is 2.52 bits per heavy atom. The molecule has 0 radical (unpaired) electrons. The van der Waals surface area contributed by atoms with Crippen molar-refractivity contribution >= 4 is 33.8 Å². The molecular weight excluding hydrogens is 362 g/mol. The number of carbonyl (C=O) groups is 1. The lowest BCUT2D eigenvalue weighted by Gasteiger charge is -2.31. The van der Waals surface area contributed by atoms with Crippen LogP contribution in [-0.2, 0) is 14.8 Å². The molecule has 0 aromatic carbocycles. The van der Waals surface area contributed by atoms with E-state index in [1.54, 1.807) is 11.8 Å². The Morgan fingerprint density at radius 1 is 1.28 bits per heavy atom. The predicted octanol–water partition coefficient (Wildman–Crippen LogP) is 1.84. The van der Waals surface area contributed by atoms with Gasteiger partial charge in [-0.15, -0.1) is 11.8 Å². The molecule has 1 amide bonds. The topological polar surface area (TPSA) is 83.7 Å². The maximum atomic E-state index is 12.9. The lowest BCUT2D eigenvalue weighted by atomic mass is 9.96. The minimum absolute atomic E-state index is 0.0937. The molecule has 2 aliphatic rings. The van der Waals surface area contributed by atoms with Gasteiger partial charge in [0.1, 0.15) is 5.76 Å². The molecule has 0 N–H and O–H groups in total. The van der Waals surface area contributed by atoms with Crippen LogP contribution < -0.4 is 0 Å². The summed E-state index contributed by atoms with van der Waals surface area (Å²) in [4.78, 5) is 14.8. The lowest BCUT2D eigenvalue weighted by Crippen LogP contribution is -2.43. The van der Waals surface area contributed by atoms with E-state index in [4.69, 9.17) is 4.52 Å². The zero-order valence-corrected chi connectivity index (χ0v) is 16.3. The van der Waals surface area contributed by atoms with Crippen molar-refractivity contribution < 1.29 is 17.7 Å². The van der Waals surface area contributed by atoms with Crippen molar-refractivity contribution in [3.8, 4) is 0 Å². The van der Waals surface area contributed by atoms with E-state index in [1.165, 1.54) is 10.6 Å². The van der Waals surface area contributed by atoms with E-state index in [9.17, 15) is 13.2 Å². The van der Waals surface area contributed by atoms with Crippen molar-refractivity contribution in [2.24, 2.45) is 5.92 Å². The first kappa shape index (κ1) is 18.5. The zero-order valence-electron chi connectivity index (χ0n) is 14.7. The van der Waals surface area contributed by atoms with Crippen LogP contribution in [0.1, 0.15) is 29.9 Å². The summed E-state index contributed by atoms with van der Waals surface area (Å²) < 4.78 is 29.9. The van der Waals surface area contributed by atoms with Crippen LogP contribution >= 0.6 is 11.8 Å². The molecule has 0 bridgehead atoms. The van der Waals surface area contributed by atoms with Crippen molar-refractivity contribution in [3.63, 3.8) is 0 Å². The van der Waals surface area contributed by atoms with Crippen molar-refractivity contribution in [1.82, 2.24) is 14.4 Å². The van der Waals surface area contributed by atoms with Gasteiger partial charge in [0.25, 0.3) is 0 Å². The van der Waals surface area contributed by atoms with Gasteiger partial charge in [0.15, 0.2) is 0 Å². The molecule has 25 heavy (non-hydrogen) atoms. The van der Waals surface area contributed by atoms with Crippen molar-refractivity contribution in [2.75, 3.05) is 31.6 Å². The molecule has 2 aliphatic heterocycles. The summed E-state index contributed by atoms with van der Waals surface area (Å²) in [6.07, 6.45) is 4.34. The quantitative estimate of drug-likeness (QED) is 0.789. The van der Waals surface area contributed by atoms with Crippen molar-refractivity contribution in [2.45, 2.75) is 26.7 Å². The van der Waals surface area contributed by atoms with Gasteiger partial charge in [-0.2, -0.15) is 0 Å². The number of sulfonamides is 1. The number of rotatable bonds is 3. The Balaban J connectivity index is 1.72. The van der Waals surface area contributed by atoms with Crippen molar-refractivity contribution in [1.29, 1.82) is 0 Å².